The van der Waals surface area contributed by atoms with E-state index in [4.69, 9.17) is 18.9 Å². The van der Waals surface area contributed by atoms with Crippen LogP contribution in [0.2, 0.25) is 0 Å². The average molecular weight is 889 g/mol. The van der Waals surface area contributed by atoms with Crippen LogP contribution in [0.3, 0.4) is 0 Å². The molecule has 0 aliphatic carbocycles. The number of hydrazone groups is 2. The van der Waals surface area contributed by atoms with Gasteiger partial charge in [0.1, 0.15) is 11.4 Å². The molecule has 0 radical (unpaired) electrons. The van der Waals surface area contributed by atoms with Crippen LogP contribution in [0.5, 0.6) is 34.5 Å². The van der Waals surface area contributed by atoms with E-state index in [1.165, 1.54) is 87.1 Å². The van der Waals surface area contributed by atoms with E-state index < -0.39 is 42.4 Å². The minimum Gasteiger partial charge on any atom is -0.502 e. The van der Waals surface area contributed by atoms with Gasteiger partial charge >= 0.3 is 11.4 Å². The predicted octanol–water partition coefficient (Wildman–Crippen LogP) is 3.93. The number of aromatic hydroxyl groups is 2. The third kappa shape index (κ3) is 17.5. The van der Waals surface area contributed by atoms with Crippen molar-refractivity contribution in [3.63, 3.8) is 0 Å². The zero-order valence-electron chi connectivity index (χ0n) is 34.8. The first-order chi connectivity index (χ1) is 29.3. The summed E-state index contributed by atoms with van der Waals surface area (Å²) in [5.74, 6) is 0.288. The van der Waals surface area contributed by atoms with Crippen LogP contribution in [0, 0.1) is 40.5 Å². The number of amides is 2. The molecule has 27 nitrogen and oxygen atoms in total. The zero-order chi connectivity index (χ0) is 47.1. The lowest BCUT2D eigenvalue weighted by Crippen LogP contribution is -2.06. The molecule has 0 aliphatic rings. The standard InChI is InChI=1S/2C15H14N4O7.2C3H7NO.H2O/c2*1-25-13-5-9(6-14(26-2)15(13)20)8-16-17-11-4-3-10(18(21)22)7-12(11)19(23)24;2*1-4(2)3-5;/h2*3-8,17,20H,1-2H3;2*3H,1-2H3;1H2/b2*16-8+;;;. The lowest BCUT2D eigenvalue weighted by atomic mass is 10.2. The summed E-state index contributed by atoms with van der Waals surface area (Å²) in [4.78, 5) is 62.4. The molecule has 4 rings (SSSR count). The molecule has 0 fully saturated rings. The van der Waals surface area contributed by atoms with Crippen LogP contribution < -0.4 is 29.8 Å². The van der Waals surface area contributed by atoms with Gasteiger partial charge in [-0.3, -0.25) is 60.9 Å². The third-order valence-electron chi connectivity index (χ3n) is 7.00. The Balaban J connectivity index is 0.000000990. The number of ether oxygens (including phenoxy) is 4. The molecule has 63 heavy (non-hydrogen) atoms. The van der Waals surface area contributed by atoms with Gasteiger partial charge in [0.25, 0.3) is 11.4 Å². The number of non-ortho nitro benzene ring substituents is 2. The Morgan fingerprint density at radius 3 is 1.02 bits per heavy atom. The Kier molecular flexibility index (Phi) is 23.2. The van der Waals surface area contributed by atoms with Crippen molar-refractivity contribution < 1.29 is 63.9 Å². The molecule has 0 unspecified atom stereocenters. The molecule has 27 heteroatoms. The van der Waals surface area contributed by atoms with Gasteiger partial charge in [-0.1, -0.05) is 0 Å². The average Bonchev–Trinajstić information content (AvgIpc) is 3.24. The number of carbonyl (C=O) groups excluding carboxylic acids is 2. The second-order valence-electron chi connectivity index (χ2n) is 11.9. The SMILES string of the molecule is CN(C)C=O.CN(C)C=O.COc1cc(/C=N/Nc2ccc([N+](=O)[O-])cc2[N+](=O)[O-])cc(OC)c1O.COc1cc(/C=N/Nc2ccc([N+](=O)[O-])cc2[N+](=O)[O-])cc(OC)c1O.O. The Bertz CT molecular complexity index is 2060. The van der Waals surface area contributed by atoms with Gasteiger partial charge in [0.05, 0.1) is 72.7 Å². The normalized spacial score (nSPS) is 9.78. The number of phenolic OH excluding ortho intramolecular Hbond substituents is 2. The van der Waals surface area contributed by atoms with E-state index >= 15 is 0 Å². The maximum atomic E-state index is 11.1. The van der Waals surface area contributed by atoms with Gasteiger partial charge in [-0.05, 0) is 36.4 Å². The molecule has 0 spiro atoms. The highest BCUT2D eigenvalue weighted by atomic mass is 16.6. The maximum Gasteiger partial charge on any atom is 0.301 e. The van der Waals surface area contributed by atoms with Gasteiger partial charge in [-0.2, -0.15) is 10.2 Å². The fourth-order valence-corrected chi connectivity index (χ4v) is 4.09. The number of rotatable bonds is 16. The van der Waals surface area contributed by atoms with Gasteiger partial charge in [-0.25, -0.2) is 0 Å². The summed E-state index contributed by atoms with van der Waals surface area (Å²) < 4.78 is 20.1. The monoisotopic (exact) mass is 888 g/mol. The molecule has 0 saturated heterocycles. The van der Waals surface area contributed by atoms with Crippen molar-refractivity contribution in [1.29, 1.82) is 0 Å². The van der Waals surface area contributed by atoms with E-state index in [1.807, 2.05) is 0 Å². The Morgan fingerprint density at radius 2 is 0.810 bits per heavy atom. The van der Waals surface area contributed by atoms with Gasteiger partial charge in [-0.15, -0.1) is 0 Å². The number of benzene rings is 4. The van der Waals surface area contributed by atoms with E-state index in [0.29, 0.717) is 11.1 Å². The summed E-state index contributed by atoms with van der Waals surface area (Å²) in [5.41, 5.74) is 4.06. The predicted molar refractivity (Wildman–Crippen MR) is 227 cm³/mol. The molecule has 340 valence electrons. The number of nitro benzene ring substituents is 4. The fourth-order valence-electron chi connectivity index (χ4n) is 4.09. The van der Waals surface area contributed by atoms with Crippen molar-refractivity contribution in [1.82, 2.24) is 9.80 Å². The van der Waals surface area contributed by atoms with Gasteiger partial charge in [0.15, 0.2) is 23.0 Å². The Labute approximate surface area is 357 Å². The second kappa shape index (κ2) is 27.0. The molecule has 4 aromatic carbocycles. The van der Waals surface area contributed by atoms with Crippen molar-refractivity contribution in [2.45, 2.75) is 0 Å². The molecule has 0 saturated carbocycles. The molecule has 2 amide bonds. The van der Waals surface area contributed by atoms with Crippen LogP contribution in [-0.2, 0) is 9.59 Å². The van der Waals surface area contributed by atoms with E-state index in [-0.39, 0.29) is 51.3 Å². The number of phenols is 2. The number of nitrogens with zero attached hydrogens (tertiary/aromatic N) is 8. The van der Waals surface area contributed by atoms with Crippen LogP contribution in [-0.4, -0.2) is 127 Å². The molecular weight excluding hydrogens is 844 g/mol. The van der Waals surface area contributed by atoms with Gasteiger partial charge in [0.2, 0.25) is 24.3 Å². The van der Waals surface area contributed by atoms with Crippen LogP contribution in [0.4, 0.5) is 34.1 Å². The Morgan fingerprint density at radius 1 is 0.540 bits per heavy atom. The minimum absolute atomic E-state index is 0. The summed E-state index contributed by atoms with van der Waals surface area (Å²) >= 11 is 0. The number of hydrogen-bond acceptors (Lipinski definition) is 20. The summed E-state index contributed by atoms with van der Waals surface area (Å²) in [6.07, 6.45) is 4.13. The highest BCUT2D eigenvalue weighted by Gasteiger charge is 2.20. The number of anilines is 2. The quantitative estimate of drug-likeness (QED) is 0.0535. The number of methoxy groups -OCH3 is 4. The summed E-state index contributed by atoms with van der Waals surface area (Å²) in [6.45, 7) is 0. The zero-order valence-corrected chi connectivity index (χ0v) is 34.8. The second-order valence-corrected chi connectivity index (χ2v) is 11.9. The van der Waals surface area contributed by atoms with E-state index in [9.17, 15) is 60.3 Å². The van der Waals surface area contributed by atoms with E-state index in [2.05, 4.69) is 21.1 Å². The topological polar surface area (TPSA) is 371 Å². The lowest BCUT2D eigenvalue weighted by Gasteiger charge is -2.09. The first kappa shape index (κ1) is 54.1. The van der Waals surface area contributed by atoms with Gasteiger partial charge in [0, 0.05) is 51.5 Å². The maximum absolute atomic E-state index is 11.1. The van der Waals surface area contributed by atoms with Crippen molar-refractivity contribution in [2.75, 3.05) is 67.5 Å². The number of carbonyl (C=O) groups is 2. The molecule has 0 heterocycles. The third-order valence-corrected chi connectivity index (χ3v) is 7.00. The molecule has 0 atom stereocenters. The van der Waals surface area contributed by atoms with E-state index in [1.54, 1.807) is 28.2 Å². The molecule has 4 aromatic rings. The van der Waals surface area contributed by atoms with Crippen LogP contribution in [0.25, 0.3) is 0 Å². The van der Waals surface area contributed by atoms with Crippen molar-refractivity contribution in [3.05, 3.63) is 112 Å². The Hall–Kier alpha value is -8.88. The molecule has 0 aliphatic heterocycles. The molecule has 0 bridgehead atoms. The van der Waals surface area contributed by atoms with Crippen LogP contribution in [0.1, 0.15) is 11.1 Å². The number of nitrogens with one attached hydrogen (secondary N) is 2. The summed E-state index contributed by atoms with van der Waals surface area (Å²) in [5, 5.41) is 71.0. The highest BCUT2D eigenvalue weighted by molar-refractivity contribution is 5.84. The first-order valence-corrected chi connectivity index (χ1v) is 16.9. The molecule has 6 N–H and O–H groups in total. The fraction of sp³-hybridized carbons (Fsp3) is 0.222. The van der Waals surface area contributed by atoms with Crippen molar-refractivity contribution in [2.24, 2.45) is 10.2 Å². The first-order valence-electron chi connectivity index (χ1n) is 16.9. The largest absolute Gasteiger partial charge is 0.502 e. The van der Waals surface area contributed by atoms with Gasteiger partial charge < -0.3 is 44.4 Å². The number of nitro groups is 4. The highest BCUT2D eigenvalue weighted by Crippen LogP contribution is 2.38. The molecule has 0 aromatic heterocycles. The lowest BCUT2D eigenvalue weighted by molar-refractivity contribution is -0.393. The minimum atomic E-state index is -0.753. The smallest absolute Gasteiger partial charge is 0.301 e. The van der Waals surface area contributed by atoms with E-state index in [0.717, 1.165) is 37.1 Å². The van der Waals surface area contributed by atoms with Crippen molar-refractivity contribution >= 4 is 59.4 Å². The number of hydrogen-bond donors (Lipinski definition) is 4. The van der Waals surface area contributed by atoms with Crippen molar-refractivity contribution in [3.8, 4) is 34.5 Å². The molecular formula is C36H44N10O17. The summed E-state index contributed by atoms with van der Waals surface area (Å²) in [7, 11) is 12.2. The summed E-state index contributed by atoms with van der Waals surface area (Å²) in [6, 6.07) is 12.2. The van der Waals surface area contributed by atoms with Crippen LogP contribution >= 0.6 is 0 Å². The van der Waals surface area contributed by atoms with Crippen LogP contribution in [0.15, 0.2) is 70.9 Å².